The van der Waals surface area contributed by atoms with Crippen LogP contribution in [0.25, 0.3) is 16.7 Å². The van der Waals surface area contributed by atoms with Crippen LogP contribution >= 0.6 is 0 Å². The summed E-state index contributed by atoms with van der Waals surface area (Å²) in [6, 6.07) is 10.2. The normalized spacial score (nSPS) is 17.8. The summed E-state index contributed by atoms with van der Waals surface area (Å²) < 4.78 is 45.5. The third-order valence-electron chi connectivity index (χ3n) is 7.24. The fourth-order valence-corrected chi connectivity index (χ4v) is 6.99. The molecule has 188 valence electrons. The molecule has 1 saturated heterocycles. The zero-order valence-corrected chi connectivity index (χ0v) is 21.1. The van der Waals surface area contributed by atoms with Crippen LogP contribution in [0.4, 0.5) is 10.1 Å². The Bertz CT molecular complexity index is 1540. The van der Waals surface area contributed by atoms with Crippen LogP contribution in [0.1, 0.15) is 31.7 Å². The van der Waals surface area contributed by atoms with E-state index in [0.29, 0.717) is 26.2 Å². The molecule has 0 unspecified atom stereocenters. The molecule has 2 aliphatic rings. The van der Waals surface area contributed by atoms with E-state index < -0.39 is 15.6 Å². The molecule has 3 heterocycles. The van der Waals surface area contributed by atoms with E-state index in [0.717, 1.165) is 47.2 Å². The molecule has 36 heavy (non-hydrogen) atoms. The molecule has 2 fully saturated rings. The number of piperazine rings is 1. The molecule has 1 spiro atoms. The van der Waals surface area contributed by atoms with Crippen molar-refractivity contribution in [3.63, 3.8) is 0 Å². The average molecular weight is 510 g/mol. The van der Waals surface area contributed by atoms with Crippen LogP contribution in [-0.2, 0) is 16.6 Å². The largest absolute Gasteiger partial charge is 0.368 e. The smallest absolute Gasteiger partial charge is 0.246 e. The topological polar surface area (TPSA) is 89.2 Å². The molecule has 0 bridgehead atoms. The number of fused-ring (bicyclic) bond motifs is 1. The van der Waals surface area contributed by atoms with Gasteiger partial charge in [-0.15, -0.1) is 5.10 Å². The van der Waals surface area contributed by atoms with Gasteiger partial charge in [0.05, 0.1) is 22.9 Å². The van der Waals surface area contributed by atoms with Gasteiger partial charge in [-0.2, -0.15) is 9.40 Å². The molecular weight excluding hydrogens is 481 g/mol. The van der Waals surface area contributed by atoms with Crippen LogP contribution in [0.2, 0.25) is 0 Å². The summed E-state index contributed by atoms with van der Waals surface area (Å²) >= 11 is 0. The van der Waals surface area contributed by atoms with Crippen molar-refractivity contribution in [2.24, 2.45) is 0 Å². The summed E-state index contributed by atoms with van der Waals surface area (Å²) in [7, 11) is -3.61. The summed E-state index contributed by atoms with van der Waals surface area (Å²) in [6.07, 6.45) is 5.69. The van der Waals surface area contributed by atoms with Gasteiger partial charge < -0.3 is 4.90 Å². The molecule has 2 aromatic carbocycles. The highest BCUT2D eigenvalue weighted by Gasteiger charge is 2.56. The van der Waals surface area contributed by atoms with Crippen molar-refractivity contribution >= 4 is 26.7 Å². The molecule has 0 radical (unpaired) electrons. The molecule has 4 aromatic rings. The predicted molar refractivity (Wildman–Crippen MR) is 134 cm³/mol. The maximum Gasteiger partial charge on any atom is 0.246 e. The number of anilines is 1. The molecule has 0 atom stereocenters. The van der Waals surface area contributed by atoms with Crippen LogP contribution in [-0.4, -0.2) is 62.7 Å². The maximum absolute atomic E-state index is 13.5. The Balaban J connectivity index is 1.27. The molecule has 1 aliphatic carbocycles. The van der Waals surface area contributed by atoms with E-state index >= 15 is 0 Å². The Kier molecular flexibility index (Phi) is 5.38. The number of aromatic nitrogens is 5. The first-order valence-electron chi connectivity index (χ1n) is 12.2. The van der Waals surface area contributed by atoms with Gasteiger partial charge in [0.2, 0.25) is 10.0 Å². The Morgan fingerprint density at radius 1 is 1.11 bits per heavy atom. The average Bonchev–Trinajstić information content (AvgIpc) is 3.26. The quantitative estimate of drug-likeness (QED) is 0.395. The van der Waals surface area contributed by atoms with E-state index in [1.807, 2.05) is 26.0 Å². The highest BCUT2D eigenvalue weighted by Crippen LogP contribution is 2.48. The van der Waals surface area contributed by atoms with Crippen molar-refractivity contribution in [1.29, 1.82) is 0 Å². The van der Waals surface area contributed by atoms with Gasteiger partial charge in [-0.1, -0.05) is 12.1 Å². The second kappa shape index (κ2) is 8.38. The molecule has 0 amide bonds. The van der Waals surface area contributed by atoms with E-state index in [9.17, 15) is 12.8 Å². The first kappa shape index (κ1) is 23.1. The minimum Gasteiger partial charge on any atom is -0.368 e. The fourth-order valence-electron chi connectivity index (χ4n) is 5.23. The van der Waals surface area contributed by atoms with E-state index in [-0.39, 0.29) is 10.7 Å². The molecule has 6 rings (SSSR count). The van der Waals surface area contributed by atoms with E-state index in [4.69, 9.17) is 0 Å². The van der Waals surface area contributed by atoms with Crippen molar-refractivity contribution in [1.82, 2.24) is 29.1 Å². The SMILES string of the molecule is CCCn1cc(S(=O)(=O)N2CCN(c3cc4nnn(-c5ccc(F)cc5)c4cc3C)CC23CC3)cn1. The van der Waals surface area contributed by atoms with Gasteiger partial charge in [-0.25, -0.2) is 17.5 Å². The van der Waals surface area contributed by atoms with Gasteiger partial charge in [0.25, 0.3) is 0 Å². The number of rotatable bonds is 6. The Morgan fingerprint density at radius 3 is 2.61 bits per heavy atom. The number of aryl methyl sites for hydroxylation is 2. The van der Waals surface area contributed by atoms with Gasteiger partial charge in [-0.05, 0) is 68.1 Å². The predicted octanol–water partition coefficient (Wildman–Crippen LogP) is 3.52. The third-order valence-corrected chi connectivity index (χ3v) is 9.20. The first-order valence-corrected chi connectivity index (χ1v) is 13.7. The number of halogens is 1. The van der Waals surface area contributed by atoms with Crippen LogP contribution in [0.3, 0.4) is 0 Å². The highest BCUT2D eigenvalue weighted by molar-refractivity contribution is 7.89. The number of sulfonamides is 1. The Hall–Kier alpha value is -3.31. The Labute approximate surface area is 209 Å². The standard InChI is InChI=1S/C25H28FN7O2S/c1-3-10-31-16-21(15-27-31)36(34,35)32-12-11-30(17-25(32)8-9-25)23-14-22-24(13-18(23)2)33(29-28-22)20-6-4-19(26)5-7-20/h4-7,13-16H,3,8-12,17H2,1-2H3. The molecule has 2 aromatic heterocycles. The van der Waals surface area contributed by atoms with Gasteiger partial charge in [0.15, 0.2) is 0 Å². The maximum atomic E-state index is 13.5. The van der Waals surface area contributed by atoms with Crippen LogP contribution < -0.4 is 4.90 Å². The molecule has 0 N–H and O–H groups in total. The number of nitrogens with zero attached hydrogens (tertiary/aromatic N) is 7. The van der Waals surface area contributed by atoms with Gasteiger partial charge >= 0.3 is 0 Å². The minimum absolute atomic E-state index is 0.269. The van der Waals surface area contributed by atoms with E-state index in [2.05, 4.69) is 20.3 Å². The van der Waals surface area contributed by atoms with Crippen LogP contribution in [0.15, 0.2) is 53.7 Å². The summed E-state index contributed by atoms with van der Waals surface area (Å²) in [6.45, 7) is 6.41. The number of benzene rings is 2. The number of hydrogen-bond acceptors (Lipinski definition) is 6. The lowest BCUT2D eigenvalue weighted by Gasteiger charge is -2.42. The molecule has 9 nitrogen and oxygen atoms in total. The van der Waals surface area contributed by atoms with Crippen LogP contribution in [0.5, 0.6) is 0 Å². The minimum atomic E-state index is -3.61. The van der Waals surface area contributed by atoms with Crippen molar-refractivity contribution in [3.8, 4) is 5.69 Å². The fraction of sp³-hybridized carbons (Fsp3) is 0.400. The third kappa shape index (κ3) is 3.77. The summed E-state index contributed by atoms with van der Waals surface area (Å²) in [5.41, 5.74) is 4.02. The molecule has 11 heteroatoms. The summed E-state index contributed by atoms with van der Waals surface area (Å²) in [5, 5.41) is 12.9. The zero-order chi connectivity index (χ0) is 25.1. The number of hydrogen-bond donors (Lipinski definition) is 0. The van der Waals surface area contributed by atoms with Crippen LogP contribution in [0, 0.1) is 12.7 Å². The lowest BCUT2D eigenvalue weighted by molar-refractivity contribution is 0.271. The summed E-state index contributed by atoms with van der Waals surface area (Å²) in [4.78, 5) is 2.54. The summed E-state index contributed by atoms with van der Waals surface area (Å²) in [5.74, 6) is -0.299. The van der Waals surface area contributed by atoms with Crippen molar-refractivity contribution in [3.05, 3.63) is 60.2 Å². The second-order valence-corrected chi connectivity index (χ2v) is 11.6. The molecule has 1 saturated carbocycles. The first-order chi connectivity index (χ1) is 17.3. The van der Waals surface area contributed by atoms with Gasteiger partial charge in [0.1, 0.15) is 16.2 Å². The lowest BCUT2D eigenvalue weighted by Crippen LogP contribution is -2.57. The molecule has 1 aliphatic heterocycles. The van der Waals surface area contributed by atoms with Crippen molar-refractivity contribution in [2.75, 3.05) is 24.5 Å². The Morgan fingerprint density at radius 2 is 1.89 bits per heavy atom. The van der Waals surface area contributed by atoms with Crippen molar-refractivity contribution < 1.29 is 12.8 Å². The zero-order valence-electron chi connectivity index (χ0n) is 20.3. The lowest BCUT2D eigenvalue weighted by atomic mass is 10.1. The highest BCUT2D eigenvalue weighted by atomic mass is 32.2. The van der Waals surface area contributed by atoms with E-state index in [1.54, 1.807) is 32.0 Å². The second-order valence-electron chi connectivity index (χ2n) is 9.77. The molecular formula is C25H28FN7O2S. The van der Waals surface area contributed by atoms with Gasteiger partial charge in [-0.3, -0.25) is 4.68 Å². The monoisotopic (exact) mass is 509 g/mol. The van der Waals surface area contributed by atoms with E-state index in [1.165, 1.54) is 18.3 Å². The van der Waals surface area contributed by atoms with Crippen molar-refractivity contribution in [2.45, 2.75) is 50.1 Å². The van der Waals surface area contributed by atoms with Gasteiger partial charge in [0, 0.05) is 38.1 Å².